The molecule has 0 radical (unpaired) electrons. The summed E-state index contributed by atoms with van der Waals surface area (Å²) in [6, 6.07) is 8.31. The summed E-state index contributed by atoms with van der Waals surface area (Å²) < 4.78 is 52.4. The lowest BCUT2D eigenvalue weighted by Crippen LogP contribution is -2.08. The molecule has 0 aliphatic carbocycles. The first-order chi connectivity index (χ1) is 13.4. The van der Waals surface area contributed by atoms with Gasteiger partial charge in [0.05, 0.1) is 21.8 Å². The number of hydrogen-bond acceptors (Lipinski definition) is 3. The molecule has 0 aliphatic rings. The van der Waals surface area contributed by atoms with Gasteiger partial charge in [-0.25, -0.2) is 9.37 Å². The minimum absolute atomic E-state index is 0.200. The van der Waals surface area contributed by atoms with Crippen LogP contribution >= 0.6 is 11.6 Å². The van der Waals surface area contributed by atoms with E-state index in [1.807, 2.05) is 0 Å². The van der Waals surface area contributed by atoms with Gasteiger partial charge in [-0.05, 0) is 42.0 Å². The molecular formula is C19H11ClF4N4. The number of rotatable bonds is 3. The molecule has 0 saturated carbocycles. The fourth-order valence-electron chi connectivity index (χ4n) is 2.87. The predicted octanol–water partition coefficient (Wildman–Crippen LogP) is 5.83. The molecular weight excluding hydrogens is 396 g/mol. The highest BCUT2D eigenvalue weighted by atomic mass is 35.5. The van der Waals surface area contributed by atoms with Gasteiger partial charge in [-0.2, -0.15) is 13.2 Å². The highest BCUT2D eigenvalue weighted by molar-refractivity contribution is 6.35. The van der Waals surface area contributed by atoms with Crippen molar-refractivity contribution in [3.63, 3.8) is 0 Å². The number of benzene rings is 1. The summed E-state index contributed by atoms with van der Waals surface area (Å²) in [4.78, 5) is 15.4. The highest BCUT2D eigenvalue weighted by Gasteiger charge is 2.34. The maximum Gasteiger partial charge on any atom is 0.418 e. The smallest absolute Gasteiger partial charge is 0.337 e. The molecule has 9 heteroatoms. The first kappa shape index (κ1) is 18.4. The van der Waals surface area contributed by atoms with Gasteiger partial charge in [0.2, 0.25) is 0 Å². The number of fused-ring (bicyclic) bond motifs is 1. The monoisotopic (exact) mass is 406 g/mol. The summed E-state index contributed by atoms with van der Waals surface area (Å²) in [6.07, 6.45) is -1.93. The van der Waals surface area contributed by atoms with Crippen LogP contribution in [0.3, 0.4) is 0 Å². The van der Waals surface area contributed by atoms with Crippen molar-refractivity contribution in [3.8, 4) is 22.8 Å². The van der Waals surface area contributed by atoms with Gasteiger partial charge < -0.3 is 4.98 Å². The third-order valence-electron chi connectivity index (χ3n) is 4.15. The molecule has 0 spiro atoms. The van der Waals surface area contributed by atoms with Gasteiger partial charge in [-0.1, -0.05) is 11.6 Å². The third-order valence-corrected chi connectivity index (χ3v) is 4.43. The lowest BCUT2D eigenvalue weighted by Gasteiger charge is -2.11. The van der Waals surface area contributed by atoms with E-state index in [9.17, 15) is 17.6 Å². The van der Waals surface area contributed by atoms with Crippen LogP contribution < -0.4 is 0 Å². The van der Waals surface area contributed by atoms with Crippen LogP contribution in [0.25, 0.3) is 33.8 Å². The van der Waals surface area contributed by atoms with Gasteiger partial charge in [0.25, 0.3) is 0 Å². The summed E-state index contributed by atoms with van der Waals surface area (Å²) in [5.41, 5.74) is 1.01. The molecule has 1 N–H and O–H groups in total. The minimum Gasteiger partial charge on any atom is -0.337 e. The predicted molar refractivity (Wildman–Crippen MR) is 97.4 cm³/mol. The van der Waals surface area contributed by atoms with Crippen LogP contribution in [-0.2, 0) is 12.9 Å². The zero-order valence-corrected chi connectivity index (χ0v) is 14.8. The van der Waals surface area contributed by atoms with Crippen LogP contribution in [0.15, 0.2) is 48.8 Å². The van der Waals surface area contributed by atoms with Crippen molar-refractivity contribution in [2.75, 3.05) is 0 Å². The van der Waals surface area contributed by atoms with E-state index in [0.29, 0.717) is 33.1 Å². The number of aromatic amines is 1. The number of nitrogens with zero attached hydrogens (tertiary/aromatic N) is 3. The SMILES string of the molecule is FCc1cc(Cl)c2nc(-c3ccc(-c4ncccc4C(F)(F)F)cn3)[nH]c2c1. The Kier molecular flexibility index (Phi) is 4.50. The number of alkyl halides is 4. The van der Waals surface area contributed by atoms with Crippen molar-refractivity contribution in [3.05, 3.63) is 64.9 Å². The molecule has 28 heavy (non-hydrogen) atoms. The Morgan fingerprint density at radius 1 is 1.07 bits per heavy atom. The van der Waals surface area contributed by atoms with Gasteiger partial charge in [0, 0.05) is 18.0 Å². The fourth-order valence-corrected chi connectivity index (χ4v) is 3.15. The molecule has 0 fully saturated rings. The number of nitrogens with one attached hydrogen (secondary N) is 1. The molecule has 0 amide bonds. The number of H-pyrrole nitrogens is 1. The molecule has 0 bridgehead atoms. The van der Waals surface area contributed by atoms with E-state index in [4.69, 9.17) is 11.6 Å². The lowest BCUT2D eigenvalue weighted by atomic mass is 10.1. The fraction of sp³-hybridized carbons (Fsp3) is 0.105. The third kappa shape index (κ3) is 3.31. The van der Waals surface area contributed by atoms with Crippen molar-refractivity contribution in [1.29, 1.82) is 0 Å². The first-order valence-electron chi connectivity index (χ1n) is 8.10. The second-order valence-electron chi connectivity index (χ2n) is 6.02. The number of imidazole rings is 1. The summed E-state index contributed by atoms with van der Waals surface area (Å²) in [5.74, 6) is 0.372. The molecule has 0 aliphatic heterocycles. The van der Waals surface area contributed by atoms with E-state index in [-0.39, 0.29) is 11.3 Å². The molecule has 0 saturated heterocycles. The van der Waals surface area contributed by atoms with Crippen LogP contribution in [0, 0.1) is 0 Å². The Balaban J connectivity index is 1.74. The van der Waals surface area contributed by atoms with Crippen LogP contribution in [0.1, 0.15) is 11.1 Å². The zero-order valence-electron chi connectivity index (χ0n) is 14.1. The van der Waals surface area contributed by atoms with Crippen LogP contribution in [0.2, 0.25) is 5.02 Å². The van der Waals surface area contributed by atoms with Crippen LogP contribution in [-0.4, -0.2) is 19.9 Å². The van der Waals surface area contributed by atoms with E-state index < -0.39 is 18.4 Å². The van der Waals surface area contributed by atoms with E-state index in [0.717, 1.165) is 6.07 Å². The second kappa shape index (κ2) is 6.87. The molecule has 0 atom stereocenters. The number of halogens is 5. The van der Waals surface area contributed by atoms with Gasteiger partial charge in [-0.15, -0.1) is 0 Å². The minimum atomic E-state index is -4.52. The Morgan fingerprint density at radius 2 is 1.89 bits per heavy atom. The van der Waals surface area contributed by atoms with E-state index in [1.165, 1.54) is 36.7 Å². The normalized spacial score (nSPS) is 11.9. The lowest BCUT2D eigenvalue weighted by molar-refractivity contribution is -0.137. The zero-order chi connectivity index (χ0) is 19.9. The second-order valence-corrected chi connectivity index (χ2v) is 6.43. The van der Waals surface area contributed by atoms with Gasteiger partial charge in [0.1, 0.15) is 17.9 Å². The molecule has 4 aromatic rings. The van der Waals surface area contributed by atoms with Crippen LogP contribution in [0.5, 0.6) is 0 Å². The Bertz CT molecular complexity index is 1150. The van der Waals surface area contributed by atoms with Crippen LogP contribution in [0.4, 0.5) is 17.6 Å². The topological polar surface area (TPSA) is 54.5 Å². The molecule has 1 aromatic carbocycles. The maximum atomic E-state index is 13.2. The Hall–Kier alpha value is -3.00. The summed E-state index contributed by atoms with van der Waals surface area (Å²) in [5, 5.41) is 0.299. The molecule has 3 heterocycles. The van der Waals surface area contributed by atoms with E-state index >= 15 is 0 Å². The highest BCUT2D eigenvalue weighted by Crippen LogP contribution is 2.35. The standard InChI is InChI=1S/C19H11ClF4N4/c20-13-6-10(8-21)7-15-17(13)28-18(27-15)14-4-3-11(9-26-14)16-12(19(22,23)24)2-1-5-25-16/h1-7,9H,8H2,(H,27,28). The molecule has 142 valence electrons. The van der Waals surface area contributed by atoms with Gasteiger partial charge in [0.15, 0.2) is 5.82 Å². The summed E-state index contributed by atoms with van der Waals surface area (Å²) in [6.45, 7) is -0.664. The summed E-state index contributed by atoms with van der Waals surface area (Å²) >= 11 is 6.12. The Labute approximate surface area is 161 Å². The maximum absolute atomic E-state index is 13.2. The molecule has 4 rings (SSSR count). The summed E-state index contributed by atoms with van der Waals surface area (Å²) in [7, 11) is 0. The number of hydrogen-bond donors (Lipinski definition) is 1. The van der Waals surface area contributed by atoms with Crippen molar-refractivity contribution < 1.29 is 17.6 Å². The van der Waals surface area contributed by atoms with Crippen molar-refractivity contribution in [2.45, 2.75) is 12.9 Å². The Morgan fingerprint density at radius 3 is 2.57 bits per heavy atom. The van der Waals surface area contributed by atoms with E-state index in [1.54, 1.807) is 6.07 Å². The average Bonchev–Trinajstić information content (AvgIpc) is 3.12. The van der Waals surface area contributed by atoms with Gasteiger partial charge >= 0.3 is 6.18 Å². The number of pyridine rings is 2. The largest absolute Gasteiger partial charge is 0.418 e. The number of aromatic nitrogens is 4. The average molecular weight is 407 g/mol. The molecule has 3 aromatic heterocycles. The molecule has 4 nitrogen and oxygen atoms in total. The van der Waals surface area contributed by atoms with Crippen molar-refractivity contribution in [2.24, 2.45) is 0 Å². The van der Waals surface area contributed by atoms with Crippen molar-refractivity contribution >= 4 is 22.6 Å². The van der Waals surface area contributed by atoms with Gasteiger partial charge in [-0.3, -0.25) is 9.97 Å². The molecule has 0 unspecified atom stereocenters. The van der Waals surface area contributed by atoms with Crippen molar-refractivity contribution in [1.82, 2.24) is 19.9 Å². The van der Waals surface area contributed by atoms with E-state index in [2.05, 4.69) is 19.9 Å². The first-order valence-corrected chi connectivity index (χ1v) is 8.47. The quantitative estimate of drug-likeness (QED) is 0.435.